The van der Waals surface area contributed by atoms with Gasteiger partial charge in [0.25, 0.3) is 0 Å². The highest BCUT2D eigenvalue weighted by Gasteiger charge is 2.33. The molecule has 1 aliphatic carbocycles. The molecule has 0 saturated carbocycles. The second-order valence-corrected chi connectivity index (χ2v) is 5.86. The van der Waals surface area contributed by atoms with E-state index in [0.717, 1.165) is 12.0 Å². The van der Waals surface area contributed by atoms with Gasteiger partial charge >= 0.3 is 0 Å². The van der Waals surface area contributed by atoms with Crippen LogP contribution in [0.2, 0.25) is 0 Å². The lowest BCUT2D eigenvalue weighted by Crippen LogP contribution is -2.32. The van der Waals surface area contributed by atoms with Gasteiger partial charge in [0.15, 0.2) is 0 Å². The summed E-state index contributed by atoms with van der Waals surface area (Å²) in [7, 11) is 0. The molecule has 0 radical (unpaired) electrons. The average Bonchev–Trinajstić information content (AvgIpc) is 2.33. The highest BCUT2D eigenvalue weighted by atomic mass is 16.3. The summed E-state index contributed by atoms with van der Waals surface area (Å²) < 4.78 is 0. The highest BCUT2D eigenvalue weighted by Crippen LogP contribution is 2.41. The lowest BCUT2D eigenvalue weighted by Gasteiger charge is -2.39. The molecule has 0 saturated heterocycles. The fraction of sp³-hybridized carbons (Fsp3) is 0.600. The molecule has 0 fully saturated rings. The van der Waals surface area contributed by atoms with Crippen molar-refractivity contribution in [2.75, 3.05) is 0 Å². The fourth-order valence-corrected chi connectivity index (χ4v) is 2.73. The minimum absolute atomic E-state index is 0.201. The molecule has 2 heteroatoms. The fourth-order valence-electron chi connectivity index (χ4n) is 2.73. The second kappa shape index (κ2) is 4.25. The Morgan fingerprint density at radius 3 is 2.76 bits per heavy atom. The number of fused-ring (bicyclic) bond motifs is 1. The van der Waals surface area contributed by atoms with Crippen LogP contribution in [0.15, 0.2) is 23.4 Å². The maximum atomic E-state index is 10.6. The van der Waals surface area contributed by atoms with E-state index in [2.05, 4.69) is 44.1 Å². The first-order chi connectivity index (χ1) is 7.96. The van der Waals surface area contributed by atoms with E-state index in [1.54, 1.807) is 0 Å². The molecular formula is C15H21NO. The third kappa shape index (κ3) is 2.01. The summed E-state index contributed by atoms with van der Waals surface area (Å²) >= 11 is 0. The molecule has 2 nitrogen and oxygen atoms in total. The van der Waals surface area contributed by atoms with Crippen LogP contribution in [0.3, 0.4) is 0 Å². The molecule has 92 valence electrons. The average molecular weight is 231 g/mol. The van der Waals surface area contributed by atoms with E-state index in [1.165, 1.54) is 17.5 Å². The van der Waals surface area contributed by atoms with E-state index >= 15 is 0 Å². The third-order valence-electron chi connectivity index (χ3n) is 4.55. The van der Waals surface area contributed by atoms with Gasteiger partial charge in [0, 0.05) is 0 Å². The Kier molecular flexibility index (Phi) is 3.07. The zero-order chi connectivity index (χ0) is 12.6. The van der Waals surface area contributed by atoms with Crippen molar-refractivity contribution in [2.45, 2.75) is 52.0 Å². The Labute approximate surface area is 103 Å². The standard InChI is InChI=1S/C15H21NO/c1-10-5-6-12-7-8-13(11(2)16-17)9-14(12)15(10,3)4/h7-11H,5-6H2,1-4H3. The van der Waals surface area contributed by atoms with Crippen LogP contribution in [-0.4, -0.2) is 0 Å². The van der Waals surface area contributed by atoms with Crippen molar-refractivity contribution in [3.8, 4) is 0 Å². The van der Waals surface area contributed by atoms with Crippen LogP contribution < -0.4 is 0 Å². The monoisotopic (exact) mass is 231 g/mol. The van der Waals surface area contributed by atoms with E-state index in [0.29, 0.717) is 5.92 Å². The van der Waals surface area contributed by atoms with Gasteiger partial charge in [-0.25, -0.2) is 0 Å². The Hall–Kier alpha value is -1.18. The molecule has 2 rings (SSSR count). The third-order valence-corrected chi connectivity index (χ3v) is 4.55. The zero-order valence-electron chi connectivity index (χ0n) is 11.2. The topological polar surface area (TPSA) is 29.4 Å². The molecular weight excluding hydrogens is 210 g/mol. The van der Waals surface area contributed by atoms with Crippen LogP contribution >= 0.6 is 0 Å². The number of aryl methyl sites for hydroxylation is 1. The van der Waals surface area contributed by atoms with Crippen molar-refractivity contribution in [1.82, 2.24) is 0 Å². The van der Waals surface area contributed by atoms with Gasteiger partial charge in [-0.15, -0.1) is 0 Å². The predicted molar refractivity (Wildman–Crippen MR) is 71.2 cm³/mol. The lowest BCUT2D eigenvalue weighted by atomic mass is 9.66. The molecule has 2 unspecified atom stereocenters. The number of benzene rings is 1. The summed E-state index contributed by atoms with van der Waals surface area (Å²) in [4.78, 5) is 10.6. The van der Waals surface area contributed by atoms with Gasteiger partial charge in [-0.2, -0.15) is 4.91 Å². The molecule has 0 amide bonds. The summed E-state index contributed by atoms with van der Waals surface area (Å²) in [6.45, 7) is 8.78. The first kappa shape index (κ1) is 12.3. The molecule has 0 N–H and O–H groups in total. The van der Waals surface area contributed by atoms with Crippen molar-refractivity contribution >= 4 is 0 Å². The van der Waals surface area contributed by atoms with Crippen LogP contribution in [-0.2, 0) is 11.8 Å². The molecule has 0 heterocycles. The lowest BCUT2D eigenvalue weighted by molar-refractivity contribution is 0.302. The number of nitrogens with zero attached hydrogens (tertiary/aromatic N) is 1. The van der Waals surface area contributed by atoms with E-state index < -0.39 is 0 Å². The van der Waals surface area contributed by atoms with E-state index in [9.17, 15) is 4.91 Å². The van der Waals surface area contributed by atoms with Crippen molar-refractivity contribution < 1.29 is 0 Å². The quantitative estimate of drug-likeness (QED) is 0.695. The van der Waals surface area contributed by atoms with Gasteiger partial charge < -0.3 is 0 Å². The first-order valence-corrected chi connectivity index (χ1v) is 6.42. The summed E-state index contributed by atoms with van der Waals surface area (Å²) in [6, 6.07) is 6.18. The summed E-state index contributed by atoms with van der Waals surface area (Å²) in [5, 5.41) is 3.12. The number of rotatable bonds is 2. The minimum atomic E-state index is -0.242. The minimum Gasteiger partial charge on any atom is -0.150 e. The van der Waals surface area contributed by atoms with Crippen LogP contribution in [0, 0.1) is 10.8 Å². The first-order valence-electron chi connectivity index (χ1n) is 6.42. The normalized spacial score (nSPS) is 23.9. The zero-order valence-corrected chi connectivity index (χ0v) is 11.2. The molecule has 1 aromatic rings. The molecule has 0 spiro atoms. The van der Waals surface area contributed by atoms with Gasteiger partial charge in [-0.05, 0) is 47.8 Å². The maximum Gasteiger partial charge on any atom is 0.114 e. The molecule has 1 aliphatic rings. The molecule has 17 heavy (non-hydrogen) atoms. The SMILES string of the molecule is CC(N=O)c1ccc2c(c1)C(C)(C)C(C)CC2. The summed E-state index contributed by atoms with van der Waals surface area (Å²) in [6.07, 6.45) is 2.41. The van der Waals surface area contributed by atoms with E-state index in [-0.39, 0.29) is 11.5 Å². The largest absolute Gasteiger partial charge is 0.150 e. The van der Waals surface area contributed by atoms with Gasteiger partial charge in [0.1, 0.15) is 6.04 Å². The summed E-state index contributed by atoms with van der Waals surface area (Å²) in [5.74, 6) is 0.685. The molecule has 0 aromatic heterocycles. The maximum absolute atomic E-state index is 10.6. The van der Waals surface area contributed by atoms with Gasteiger partial charge in [0.2, 0.25) is 0 Å². The number of hydrogen-bond acceptors (Lipinski definition) is 2. The molecule has 2 atom stereocenters. The number of nitroso groups, excluding NO2 is 1. The molecule has 0 aliphatic heterocycles. The molecule has 1 aromatic carbocycles. The van der Waals surface area contributed by atoms with Crippen LogP contribution in [0.4, 0.5) is 0 Å². The predicted octanol–water partition coefficient (Wildman–Crippen LogP) is 4.37. The number of hydrogen-bond donors (Lipinski definition) is 0. The van der Waals surface area contributed by atoms with Gasteiger partial charge in [-0.3, -0.25) is 0 Å². The Bertz CT molecular complexity index is 437. The van der Waals surface area contributed by atoms with Crippen LogP contribution in [0.25, 0.3) is 0 Å². The van der Waals surface area contributed by atoms with E-state index in [4.69, 9.17) is 0 Å². The van der Waals surface area contributed by atoms with Gasteiger partial charge in [-0.1, -0.05) is 44.1 Å². The van der Waals surface area contributed by atoms with Crippen molar-refractivity contribution in [1.29, 1.82) is 0 Å². The Morgan fingerprint density at radius 1 is 1.41 bits per heavy atom. The van der Waals surface area contributed by atoms with Crippen LogP contribution in [0.5, 0.6) is 0 Å². The molecule has 0 bridgehead atoms. The highest BCUT2D eigenvalue weighted by molar-refractivity contribution is 5.40. The summed E-state index contributed by atoms with van der Waals surface area (Å²) in [5.41, 5.74) is 4.09. The Balaban J connectivity index is 2.49. The van der Waals surface area contributed by atoms with Crippen molar-refractivity contribution in [3.63, 3.8) is 0 Å². The van der Waals surface area contributed by atoms with E-state index in [1.807, 2.05) is 6.92 Å². The second-order valence-electron chi connectivity index (χ2n) is 5.86. The van der Waals surface area contributed by atoms with Crippen LogP contribution in [0.1, 0.15) is 56.8 Å². The van der Waals surface area contributed by atoms with Crippen molar-refractivity contribution in [2.24, 2.45) is 11.1 Å². The van der Waals surface area contributed by atoms with Crippen molar-refractivity contribution in [3.05, 3.63) is 39.8 Å². The smallest absolute Gasteiger partial charge is 0.114 e. The van der Waals surface area contributed by atoms with Gasteiger partial charge in [0.05, 0.1) is 0 Å². The Morgan fingerprint density at radius 2 is 2.12 bits per heavy atom.